The van der Waals surface area contributed by atoms with Crippen LogP contribution < -0.4 is 4.72 Å². The lowest BCUT2D eigenvalue weighted by Crippen LogP contribution is -2.27. The lowest BCUT2D eigenvalue weighted by molar-refractivity contribution is -0.387. The molecule has 1 N–H and O–H groups in total. The second-order valence-electron chi connectivity index (χ2n) is 4.28. The molecule has 1 aromatic rings. The molecule has 0 aliphatic carbocycles. The van der Waals surface area contributed by atoms with Crippen molar-refractivity contribution in [1.29, 1.82) is 0 Å². The maximum Gasteiger partial charge on any atom is 0.289 e. The predicted octanol–water partition coefficient (Wildman–Crippen LogP) is 0.825. The molecule has 0 saturated heterocycles. The Labute approximate surface area is 112 Å². The van der Waals surface area contributed by atoms with Crippen LogP contribution in [0.4, 0.5) is 5.69 Å². The molecule has 106 valence electrons. The van der Waals surface area contributed by atoms with Crippen LogP contribution in [-0.2, 0) is 10.0 Å². The summed E-state index contributed by atoms with van der Waals surface area (Å²) in [6, 6.07) is 5.30. The fourth-order valence-corrected chi connectivity index (χ4v) is 2.76. The Bertz CT molecular complexity index is 543. The van der Waals surface area contributed by atoms with E-state index in [9.17, 15) is 18.5 Å². The molecule has 0 radical (unpaired) electrons. The van der Waals surface area contributed by atoms with E-state index in [4.69, 9.17) is 0 Å². The van der Waals surface area contributed by atoms with E-state index < -0.39 is 20.6 Å². The Morgan fingerprint density at radius 1 is 1.32 bits per heavy atom. The van der Waals surface area contributed by atoms with Gasteiger partial charge in [0.05, 0.1) is 4.92 Å². The highest BCUT2D eigenvalue weighted by Gasteiger charge is 2.24. The van der Waals surface area contributed by atoms with Gasteiger partial charge in [-0.2, -0.15) is 0 Å². The summed E-state index contributed by atoms with van der Waals surface area (Å²) in [5.74, 6) is 0. The molecule has 7 nitrogen and oxygen atoms in total. The molecule has 19 heavy (non-hydrogen) atoms. The van der Waals surface area contributed by atoms with E-state index in [0.29, 0.717) is 6.42 Å². The van der Waals surface area contributed by atoms with Crippen LogP contribution in [0, 0.1) is 10.1 Å². The van der Waals surface area contributed by atoms with Crippen LogP contribution >= 0.6 is 0 Å². The predicted molar refractivity (Wildman–Crippen MR) is 71.5 cm³/mol. The zero-order valence-corrected chi connectivity index (χ0v) is 11.7. The minimum atomic E-state index is -3.84. The van der Waals surface area contributed by atoms with Gasteiger partial charge in [-0.3, -0.25) is 10.1 Å². The Morgan fingerprint density at radius 2 is 1.95 bits per heavy atom. The number of rotatable bonds is 7. The van der Waals surface area contributed by atoms with Crippen molar-refractivity contribution in [2.75, 3.05) is 27.2 Å². The van der Waals surface area contributed by atoms with Crippen molar-refractivity contribution in [2.45, 2.75) is 11.3 Å². The molecule has 0 aromatic heterocycles. The first kappa shape index (κ1) is 15.5. The standard InChI is InChI=1S/C11H17N3O4S/c1-13(2)9-5-8-12-19(17,18)11-7-4-3-6-10(11)14(15)16/h3-4,6-7,12H,5,8-9H2,1-2H3. The van der Waals surface area contributed by atoms with Gasteiger partial charge >= 0.3 is 0 Å². The largest absolute Gasteiger partial charge is 0.309 e. The zero-order valence-electron chi connectivity index (χ0n) is 10.9. The number of nitro groups is 1. The summed E-state index contributed by atoms with van der Waals surface area (Å²) in [5.41, 5.74) is -0.414. The average Bonchev–Trinajstić information content (AvgIpc) is 2.34. The van der Waals surface area contributed by atoms with Crippen LogP contribution in [-0.4, -0.2) is 45.4 Å². The molecule has 0 unspecified atom stereocenters. The Balaban J connectivity index is 2.80. The highest BCUT2D eigenvalue weighted by atomic mass is 32.2. The fraction of sp³-hybridized carbons (Fsp3) is 0.455. The fourth-order valence-electron chi connectivity index (χ4n) is 1.51. The van der Waals surface area contributed by atoms with E-state index in [-0.39, 0.29) is 11.4 Å². The molecule has 0 heterocycles. The number of nitrogens with zero attached hydrogens (tertiary/aromatic N) is 2. The molecule has 0 aliphatic heterocycles. The number of para-hydroxylation sites is 1. The number of sulfonamides is 1. The van der Waals surface area contributed by atoms with E-state index in [1.807, 2.05) is 19.0 Å². The normalized spacial score (nSPS) is 11.7. The molecular weight excluding hydrogens is 270 g/mol. The summed E-state index contributed by atoms with van der Waals surface area (Å²) in [4.78, 5) is 11.7. The van der Waals surface area contributed by atoms with Gasteiger partial charge in [0.15, 0.2) is 4.90 Å². The van der Waals surface area contributed by atoms with E-state index in [0.717, 1.165) is 6.54 Å². The molecule has 0 spiro atoms. The SMILES string of the molecule is CN(C)CCCNS(=O)(=O)c1ccccc1[N+](=O)[O-]. The lowest BCUT2D eigenvalue weighted by atomic mass is 10.3. The van der Waals surface area contributed by atoms with E-state index in [2.05, 4.69) is 4.72 Å². The minimum absolute atomic E-state index is 0.243. The van der Waals surface area contributed by atoms with Crippen LogP contribution in [0.5, 0.6) is 0 Å². The number of hydrogen-bond acceptors (Lipinski definition) is 5. The van der Waals surface area contributed by atoms with Gasteiger partial charge in [-0.25, -0.2) is 13.1 Å². The number of nitro benzene ring substituents is 1. The molecule has 0 aliphatic rings. The van der Waals surface area contributed by atoms with Crippen molar-refractivity contribution in [3.8, 4) is 0 Å². The maximum absolute atomic E-state index is 12.0. The summed E-state index contributed by atoms with van der Waals surface area (Å²) >= 11 is 0. The average molecular weight is 287 g/mol. The van der Waals surface area contributed by atoms with Crippen LogP contribution in [0.25, 0.3) is 0 Å². The van der Waals surface area contributed by atoms with Gasteiger partial charge in [-0.15, -0.1) is 0 Å². The molecule has 0 amide bonds. The maximum atomic E-state index is 12.0. The Kier molecular flexibility index (Phi) is 5.40. The van der Waals surface area contributed by atoms with Crippen molar-refractivity contribution in [1.82, 2.24) is 9.62 Å². The first-order chi connectivity index (χ1) is 8.84. The molecule has 8 heteroatoms. The van der Waals surface area contributed by atoms with E-state index in [1.165, 1.54) is 24.3 Å². The van der Waals surface area contributed by atoms with Gasteiger partial charge in [-0.1, -0.05) is 12.1 Å². The van der Waals surface area contributed by atoms with Crippen LogP contribution in [0.2, 0.25) is 0 Å². The second-order valence-corrected chi connectivity index (χ2v) is 6.01. The van der Waals surface area contributed by atoms with Gasteiger partial charge in [0.25, 0.3) is 5.69 Å². The second kappa shape index (κ2) is 6.60. The van der Waals surface area contributed by atoms with Gasteiger partial charge in [-0.05, 0) is 33.1 Å². The third-order valence-corrected chi connectivity index (χ3v) is 3.93. The summed E-state index contributed by atoms with van der Waals surface area (Å²) in [5, 5.41) is 10.8. The Hall–Kier alpha value is -1.51. The van der Waals surface area contributed by atoms with Gasteiger partial charge in [0, 0.05) is 12.6 Å². The van der Waals surface area contributed by atoms with Crippen molar-refractivity contribution in [3.63, 3.8) is 0 Å². The van der Waals surface area contributed by atoms with Crippen LogP contribution in [0.1, 0.15) is 6.42 Å². The first-order valence-corrected chi connectivity index (χ1v) is 7.21. The zero-order chi connectivity index (χ0) is 14.5. The van der Waals surface area contributed by atoms with E-state index in [1.54, 1.807) is 0 Å². The minimum Gasteiger partial charge on any atom is -0.309 e. The molecule has 1 rings (SSSR count). The number of hydrogen-bond donors (Lipinski definition) is 1. The topological polar surface area (TPSA) is 92.6 Å². The number of nitrogens with one attached hydrogen (secondary N) is 1. The summed E-state index contributed by atoms with van der Waals surface area (Å²) in [7, 11) is -0.0732. The molecule has 0 fully saturated rings. The molecular formula is C11H17N3O4S. The summed E-state index contributed by atoms with van der Waals surface area (Å²) in [6.45, 7) is 0.978. The Morgan fingerprint density at radius 3 is 2.53 bits per heavy atom. The summed E-state index contributed by atoms with van der Waals surface area (Å²) in [6.07, 6.45) is 0.632. The van der Waals surface area contributed by atoms with Gasteiger partial charge in [0.2, 0.25) is 10.0 Å². The van der Waals surface area contributed by atoms with Crippen molar-refractivity contribution in [2.24, 2.45) is 0 Å². The van der Waals surface area contributed by atoms with Crippen molar-refractivity contribution < 1.29 is 13.3 Å². The quantitative estimate of drug-likeness (QED) is 0.455. The van der Waals surface area contributed by atoms with Crippen molar-refractivity contribution >= 4 is 15.7 Å². The molecule has 0 bridgehead atoms. The molecule has 1 aromatic carbocycles. The highest BCUT2D eigenvalue weighted by Crippen LogP contribution is 2.22. The molecule has 0 atom stereocenters. The smallest absolute Gasteiger partial charge is 0.289 e. The third kappa shape index (κ3) is 4.58. The van der Waals surface area contributed by atoms with Crippen LogP contribution in [0.15, 0.2) is 29.2 Å². The van der Waals surface area contributed by atoms with Crippen molar-refractivity contribution in [3.05, 3.63) is 34.4 Å². The van der Waals surface area contributed by atoms with Gasteiger partial charge in [0.1, 0.15) is 0 Å². The lowest BCUT2D eigenvalue weighted by Gasteiger charge is -2.10. The van der Waals surface area contributed by atoms with E-state index >= 15 is 0 Å². The number of benzene rings is 1. The third-order valence-electron chi connectivity index (χ3n) is 2.43. The van der Waals surface area contributed by atoms with Gasteiger partial charge < -0.3 is 4.90 Å². The highest BCUT2D eigenvalue weighted by molar-refractivity contribution is 7.89. The first-order valence-electron chi connectivity index (χ1n) is 5.72. The summed E-state index contributed by atoms with van der Waals surface area (Å²) < 4.78 is 26.3. The monoisotopic (exact) mass is 287 g/mol. The van der Waals surface area contributed by atoms with Crippen LogP contribution in [0.3, 0.4) is 0 Å². The molecule has 0 saturated carbocycles.